The van der Waals surface area contributed by atoms with Gasteiger partial charge >= 0.3 is 0 Å². The molecule has 43 heavy (non-hydrogen) atoms. The Kier molecular flexibility index (Phi) is 8.77. The number of nitrogens with zero attached hydrogens (tertiary/aromatic N) is 1. The molecule has 6 nitrogen and oxygen atoms in total. The van der Waals surface area contributed by atoms with Gasteiger partial charge < -0.3 is 20.0 Å². The lowest BCUT2D eigenvalue weighted by Gasteiger charge is -2.32. The highest BCUT2D eigenvalue weighted by Gasteiger charge is 2.21. The molecule has 0 atom stereocenters. The zero-order chi connectivity index (χ0) is 29.8. The molecule has 0 aliphatic carbocycles. The number of rotatable bonds is 9. The van der Waals surface area contributed by atoms with Crippen LogP contribution in [0.25, 0.3) is 32.9 Å². The molecule has 5 aromatic rings. The Morgan fingerprint density at radius 1 is 0.907 bits per heavy atom. The van der Waals surface area contributed by atoms with Crippen LogP contribution in [0.4, 0.5) is 5.69 Å². The summed E-state index contributed by atoms with van der Waals surface area (Å²) in [6, 6.07) is 28.1. The topological polar surface area (TPSA) is 74.6 Å². The molecular weight excluding hydrogens is 558 g/mol. The number of hydrogen-bond donors (Lipinski definition) is 2. The number of piperidine rings is 1. The highest BCUT2D eigenvalue weighted by molar-refractivity contribution is 6.30. The first-order chi connectivity index (χ1) is 20.9. The second kappa shape index (κ2) is 13.0. The quantitative estimate of drug-likeness (QED) is 0.169. The molecule has 0 unspecified atom stereocenters. The van der Waals surface area contributed by atoms with Crippen LogP contribution in [-0.4, -0.2) is 42.9 Å². The summed E-state index contributed by atoms with van der Waals surface area (Å²) in [4.78, 5) is 26.9. The number of carbonyl (C=O) groups is 2. The van der Waals surface area contributed by atoms with E-state index in [0.29, 0.717) is 23.2 Å². The molecule has 0 spiro atoms. The molecule has 1 aliphatic heterocycles. The van der Waals surface area contributed by atoms with E-state index in [2.05, 4.69) is 39.8 Å². The molecule has 0 bridgehead atoms. The van der Waals surface area contributed by atoms with Crippen LogP contribution in [0.15, 0.2) is 89.3 Å². The minimum atomic E-state index is -0.185. The number of likely N-dealkylation sites (tertiary alicyclic amines) is 1. The number of benzene rings is 4. The normalized spacial score (nSPS) is 14.3. The number of carbonyl (C=O) groups excluding carboxylic acids is 2. The van der Waals surface area contributed by atoms with Crippen molar-refractivity contribution in [1.82, 2.24) is 10.2 Å². The standard InChI is InChI=1S/C36H36ClN3O3/c1-24(41)39-30-8-6-7-27(21-30)25-15-19-40(20-16-25)18-5-4-17-38-36(42)34-23-28-22-33(26-11-13-29(37)14-12-26)31-9-2-3-10-32(31)35(28)43-34/h2-3,6-14,21-23,25H,4-5,15-20H2,1H3,(H,38,42)(H,39,41). The fourth-order valence-electron chi connectivity index (χ4n) is 6.17. The number of furan rings is 1. The van der Waals surface area contributed by atoms with Crippen molar-refractivity contribution in [1.29, 1.82) is 0 Å². The number of halogens is 1. The van der Waals surface area contributed by atoms with E-state index in [1.165, 1.54) is 12.5 Å². The van der Waals surface area contributed by atoms with E-state index in [1.54, 1.807) is 0 Å². The molecule has 7 heteroatoms. The highest BCUT2D eigenvalue weighted by Crippen LogP contribution is 2.37. The van der Waals surface area contributed by atoms with Gasteiger partial charge in [0.25, 0.3) is 5.91 Å². The Labute approximate surface area is 257 Å². The van der Waals surface area contributed by atoms with Crippen molar-refractivity contribution < 1.29 is 14.0 Å². The van der Waals surface area contributed by atoms with Crippen molar-refractivity contribution in [2.45, 2.75) is 38.5 Å². The minimum absolute atomic E-state index is 0.0433. The van der Waals surface area contributed by atoms with Gasteiger partial charge in [0.2, 0.25) is 5.91 Å². The molecule has 2 N–H and O–H groups in total. The third-order valence-corrected chi connectivity index (χ3v) is 8.61. The van der Waals surface area contributed by atoms with Crippen LogP contribution in [0.5, 0.6) is 0 Å². The van der Waals surface area contributed by atoms with Gasteiger partial charge in [0.05, 0.1) is 0 Å². The molecule has 1 aromatic heterocycles. The molecule has 6 rings (SSSR count). The average molecular weight is 594 g/mol. The molecule has 2 heterocycles. The summed E-state index contributed by atoms with van der Waals surface area (Å²) < 4.78 is 6.12. The SMILES string of the molecule is CC(=O)Nc1cccc(C2CCN(CCCCNC(=O)c3cc4cc(-c5ccc(Cl)cc5)c5ccccc5c4o3)CC2)c1. The van der Waals surface area contributed by atoms with Crippen LogP contribution < -0.4 is 10.6 Å². The van der Waals surface area contributed by atoms with Crippen molar-refractivity contribution in [3.63, 3.8) is 0 Å². The second-order valence-corrected chi connectivity index (χ2v) is 11.8. The number of amides is 2. The van der Waals surface area contributed by atoms with E-state index in [0.717, 1.165) is 83.9 Å². The lowest BCUT2D eigenvalue weighted by Crippen LogP contribution is -2.34. The number of unbranched alkanes of at least 4 members (excludes halogenated alkanes) is 1. The largest absolute Gasteiger partial charge is 0.450 e. The van der Waals surface area contributed by atoms with Gasteiger partial charge in [-0.05, 0) is 110 Å². The molecule has 4 aromatic carbocycles. The van der Waals surface area contributed by atoms with Crippen LogP contribution in [0, 0.1) is 0 Å². The minimum Gasteiger partial charge on any atom is -0.450 e. The van der Waals surface area contributed by atoms with Crippen molar-refractivity contribution in [3.05, 3.63) is 101 Å². The van der Waals surface area contributed by atoms with Gasteiger partial charge in [-0.25, -0.2) is 0 Å². The number of fused-ring (bicyclic) bond motifs is 3. The van der Waals surface area contributed by atoms with Gasteiger partial charge in [0, 0.05) is 35.0 Å². The Morgan fingerprint density at radius 3 is 2.44 bits per heavy atom. The number of anilines is 1. The van der Waals surface area contributed by atoms with Crippen LogP contribution in [-0.2, 0) is 4.79 Å². The summed E-state index contributed by atoms with van der Waals surface area (Å²) in [7, 11) is 0. The fourth-order valence-corrected chi connectivity index (χ4v) is 6.29. The van der Waals surface area contributed by atoms with Crippen LogP contribution in [0.1, 0.15) is 54.6 Å². The summed E-state index contributed by atoms with van der Waals surface area (Å²) >= 11 is 6.12. The van der Waals surface area contributed by atoms with Crippen molar-refractivity contribution in [2.24, 2.45) is 0 Å². The van der Waals surface area contributed by atoms with Gasteiger partial charge in [0.15, 0.2) is 5.76 Å². The van der Waals surface area contributed by atoms with Gasteiger partial charge in [-0.3, -0.25) is 9.59 Å². The molecule has 0 saturated carbocycles. The van der Waals surface area contributed by atoms with E-state index in [9.17, 15) is 9.59 Å². The van der Waals surface area contributed by atoms with Crippen molar-refractivity contribution in [2.75, 3.05) is 31.5 Å². The van der Waals surface area contributed by atoms with E-state index in [4.69, 9.17) is 16.0 Å². The molecule has 0 radical (unpaired) electrons. The Balaban J connectivity index is 1.01. The Bertz CT molecular complexity index is 1750. The second-order valence-electron chi connectivity index (χ2n) is 11.4. The van der Waals surface area contributed by atoms with Gasteiger partial charge in [-0.1, -0.05) is 60.1 Å². The first-order valence-electron chi connectivity index (χ1n) is 15.0. The summed E-state index contributed by atoms with van der Waals surface area (Å²) in [6.07, 6.45) is 4.16. The van der Waals surface area contributed by atoms with E-state index < -0.39 is 0 Å². The summed E-state index contributed by atoms with van der Waals surface area (Å²) in [5.41, 5.74) is 5.04. The molecular formula is C36H36ClN3O3. The molecule has 1 saturated heterocycles. The number of hydrogen-bond acceptors (Lipinski definition) is 4. The predicted molar refractivity (Wildman–Crippen MR) is 175 cm³/mol. The zero-order valence-electron chi connectivity index (χ0n) is 24.4. The molecule has 220 valence electrons. The van der Waals surface area contributed by atoms with Crippen LogP contribution in [0.3, 0.4) is 0 Å². The molecule has 2 amide bonds. The Hall–Kier alpha value is -4.13. The predicted octanol–water partition coefficient (Wildman–Crippen LogP) is 8.25. The van der Waals surface area contributed by atoms with Crippen LogP contribution >= 0.6 is 11.6 Å². The number of nitrogens with one attached hydrogen (secondary N) is 2. The maximum atomic E-state index is 13.0. The zero-order valence-corrected chi connectivity index (χ0v) is 25.1. The average Bonchev–Trinajstić information content (AvgIpc) is 3.46. The maximum absolute atomic E-state index is 13.0. The van der Waals surface area contributed by atoms with Gasteiger partial charge in [-0.2, -0.15) is 0 Å². The third kappa shape index (κ3) is 6.76. The van der Waals surface area contributed by atoms with Crippen LogP contribution in [0.2, 0.25) is 5.02 Å². The summed E-state index contributed by atoms with van der Waals surface area (Å²) in [5.74, 6) is 0.624. The highest BCUT2D eigenvalue weighted by atomic mass is 35.5. The van der Waals surface area contributed by atoms with E-state index in [1.807, 2.05) is 60.7 Å². The summed E-state index contributed by atoms with van der Waals surface area (Å²) in [5, 5.41) is 9.59. The molecule has 1 fully saturated rings. The van der Waals surface area contributed by atoms with Crippen molar-refractivity contribution in [3.8, 4) is 11.1 Å². The monoisotopic (exact) mass is 593 g/mol. The Morgan fingerprint density at radius 2 is 1.67 bits per heavy atom. The fraction of sp³-hybridized carbons (Fsp3) is 0.278. The lowest BCUT2D eigenvalue weighted by molar-refractivity contribution is -0.114. The maximum Gasteiger partial charge on any atom is 0.287 e. The van der Waals surface area contributed by atoms with Gasteiger partial charge in [0.1, 0.15) is 5.58 Å². The lowest BCUT2D eigenvalue weighted by atomic mass is 9.89. The molecule has 1 aliphatic rings. The summed E-state index contributed by atoms with van der Waals surface area (Å²) in [6.45, 7) is 5.30. The first kappa shape index (κ1) is 29.0. The smallest absolute Gasteiger partial charge is 0.287 e. The van der Waals surface area contributed by atoms with Gasteiger partial charge in [-0.15, -0.1) is 0 Å². The first-order valence-corrected chi connectivity index (χ1v) is 15.4. The van der Waals surface area contributed by atoms with E-state index >= 15 is 0 Å². The van der Waals surface area contributed by atoms with E-state index in [-0.39, 0.29) is 11.8 Å². The third-order valence-electron chi connectivity index (χ3n) is 8.35. The van der Waals surface area contributed by atoms with Crippen molar-refractivity contribution >= 4 is 50.8 Å².